The van der Waals surface area contributed by atoms with Gasteiger partial charge in [-0.1, -0.05) is 37.6 Å². The number of ether oxygens (including phenoxy) is 1. The van der Waals surface area contributed by atoms with E-state index in [4.69, 9.17) is 16.3 Å². The SMILES string of the molecule is CC[C@@H](C1CCCO1)N1C(=O)[C@@](C)(CC(=O)O)CC[C@H]1c1ccc(Cl)cc1. The maximum atomic E-state index is 13.6. The second-order valence-corrected chi connectivity index (χ2v) is 8.41. The number of piperidine rings is 1. The zero-order chi connectivity index (χ0) is 19.6. The van der Waals surface area contributed by atoms with Gasteiger partial charge in [0.2, 0.25) is 5.91 Å². The fraction of sp³-hybridized carbons (Fsp3) is 0.619. The van der Waals surface area contributed by atoms with Crippen molar-refractivity contribution in [2.45, 2.75) is 70.6 Å². The molecule has 4 atom stereocenters. The summed E-state index contributed by atoms with van der Waals surface area (Å²) in [4.78, 5) is 26.9. The molecule has 2 aliphatic rings. The number of carbonyl (C=O) groups is 2. The summed E-state index contributed by atoms with van der Waals surface area (Å²) in [5.74, 6) is -1.00. The number of benzene rings is 1. The Balaban J connectivity index is 1.98. The highest BCUT2D eigenvalue weighted by Gasteiger charge is 2.49. The van der Waals surface area contributed by atoms with Gasteiger partial charge in [-0.15, -0.1) is 0 Å². The summed E-state index contributed by atoms with van der Waals surface area (Å²) in [5, 5.41) is 10.0. The lowest BCUT2D eigenvalue weighted by Crippen LogP contribution is -2.56. The standard InChI is InChI=1S/C21H28ClNO4/c1-3-16(18-5-4-12-27-18)23-17(14-6-8-15(22)9-7-14)10-11-21(2,20(23)26)13-19(24)25/h6-9,16-18H,3-5,10-13H2,1-2H3,(H,24,25)/t16-,17-,18?,21+/m0/s1. The monoisotopic (exact) mass is 393 g/mol. The molecular formula is C21H28ClNO4. The number of carboxylic acids is 1. The first-order chi connectivity index (χ1) is 12.9. The molecule has 0 saturated carbocycles. The first-order valence-electron chi connectivity index (χ1n) is 9.77. The van der Waals surface area contributed by atoms with Crippen molar-refractivity contribution in [2.75, 3.05) is 6.61 Å². The Bertz CT molecular complexity index is 686. The van der Waals surface area contributed by atoms with Gasteiger partial charge in [0, 0.05) is 11.6 Å². The molecule has 0 bridgehead atoms. The number of likely N-dealkylation sites (tertiary alicyclic amines) is 1. The van der Waals surface area contributed by atoms with Gasteiger partial charge in [0.15, 0.2) is 0 Å². The quantitative estimate of drug-likeness (QED) is 0.775. The van der Waals surface area contributed by atoms with Crippen molar-refractivity contribution in [3.8, 4) is 0 Å². The van der Waals surface area contributed by atoms with E-state index in [0.29, 0.717) is 11.4 Å². The molecule has 1 aromatic carbocycles. The molecule has 6 heteroatoms. The first-order valence-corrected chi connectivity index (χ1v) is 10.1. The van der Waals surface area contributed by atoms with Crippen LogP contribution in [0, 0.1) is 5.41 Å². The summed E-state index contributed by atoms with van der Waals surface area (Å²) in [7, 11) is 0. The van der Waals surface area contributed by atoms with Gasteiger partial charge in [0.1, 0.15) is 0 Å². The molecule has 148 valence electrons. The molecular weight excluding hydrogens is 366 g/mol. The minimum atomic E-state index is -0.930. The Kier molecular flexibility index (Phi) is 6.11. The van der Waals surface area contributed by atoms with Gasteiger partial charge < -0.3 is 14.7 Å². The molecule has 2 heterocycles. The highest BCUT2D eigenvalue weighted by atomic mass is 35.5. The van der Waals surface area contributed by atoms with Crippen molar-refractivity contribution in [3.05, 3.63) is 34.9 Å². The number of nitrogens with zero attached hydrogens (tertiary/aromatic N) is 1. The van der Waals surface area contributed by atoms with Gasteiger partial charge in [-0.3, -0.25) is 9.59 Å². The van der Waals surface area contributed by atoms with Crippen LogP contribution in [0.15, 0.2) is 24.3 Å². The molecule has 0 aromatic heterocycles. The van der Waals surface area contributed by atoms with E-state index in [1.807, 2.05) is 29.2 Å². The second kappa shape index (κ2) is 8.19. The zero-order valence-electron chi connectivity index (χ0n) is 16.0. The molecule has 1 aromatic rings. The molecule has 2 aliphatic heterocycles. The van der Waals surface area contributed by atoms with Gasteiger partial charge in [0.05, 0.1) is 30.0 Å². The minimum Gasteiger partial charge on any atom is -0.481 e. The van der Waals surface area contributed by atoms with E-state index in [9.17, 15) is 14.7 Å². The molecule has 2 saturated heterocycles. The summed E-state index contributed by atoms with van der Waals surface area (Å²) in [6, 6.07) is 7.50. The predicted molar refractivity (Wildman–Crippen MR) is 104 cm³/mol. The highest BCUT2D eigenvalue weighted by Crippen LogP contribution is 2.45. The molecule has 1 N–H and O–H groups in total. The van der Waals surface area contributed by atoms with Crippen molar-refractivity contribution in [1.29, 1.82) is 0 Å². The highest BCUT2D eigenvalue weighted by molar-refractivity contribution is 6.30. The number of rotatable bonds is 6. The summed E-state index contributed by atoms with van der Waals surface area (Å²) < 4.78 is 5.93. The minimum absolute atomic E-state index is 0.0147. The first kappa shape index (κ1) is 20.2. The Morgan fingerprint density at radius 1 is 1.37 bits per heavy atom. The van der Waals surface area contributed by atoms with E-state index in [1.54, 1.807) is 6.92 Å². The van der Waals surface area contributed by atoms with Gasteiger partial charge in [0.25, 0.3) is 0 Å². The molecule has 2 fully saturated rings. The fourth-order valence-corrected chi connectivity index (χ4v) is 4.72. The van der Waals surface area contributed by atoms with Crippen molar-refractivity contribution >= 4 is 23.5 Å². The smallest absolute Gasteiger partial charge is 0.304 e. The fourth-order valence-electron chi connectivity index (χ4n) is 4.59. The van der Waals surface area contributed by atoms with Crippen LogP contribution in [0.5, 0.6) is 0 Å². The van der Waals surface area contributed by atoms with E-state index in [2.05, 4.69) is 6.92 Å². The van der Waals surface area contributed by atoms with Crippen molar-refractivity contribution in [1.82, 2.24) is 4.90 Å². The lowest BCUT2D eigenvalue weighted by Gasteiger charge is -2.49. The lowest BCUT2D eigenvalue weighted by atomic mass is 9.74. The van der Waals surface area contributed by atoms with Crippen molar-refractivity contribution < 1.29 is 19.4 Å². The predicted octanol–water partition coefficient (Wildman–Crippen LogP) is 4.44. The molecule has 0 radical (unpaired) electrons. The molecule has 1 unspecified atom stereocenters. The van der Waals surface area contributed by atoms with Crippen LogP contribution in [0.1, 0.15) is 64.0 Å². The zero-order valence-corrected chi connectivity index (χ0v) is 16.7. The topological polar surface area (TPSA) is 66.8 Å². The van der Waals surface area contributed by atoms with E-state index in [0.717, 1.165) is 37.9 Å². The number of hydrogen-bond donors (Lipinski definition) is 1. The number of halogens is 1. The van der Waals surface area contributed by atoms with E-state index >= 15 is 0 Å². The number of amides is 1. The molecule has 0 spiro atoms. The van der Waals surface area contributed by atoms with Gasteiger partial charge in [-0.2, -0.15) is 0 Å². The number of hydrogen-bond acceptors (Lipinski definition) is 3. The van der Waals surface area contributed by atoms with Crippen LogP contribution in [-0.2, 0) is 14.3 Å². The average Bonchev–Trinajstić information content (AvgIpc) is 3.14. The van der Waals surface area contributed by atoms with Crippen molar-refractivity contribution in [3.63, 3.8) is 0 Å². The number of carboxylic acid groups (broad SMARTS) is 1. The van der Waals surface area contributed by atoms with Crippen LogP contribution in [0.3, 0.4) is 0 Å². The largest absolute Gasteiger partial charge is 0.481 e. The van der Waals surface area contributed by atoms with Crippen LogP contribution in [0.4, 0.5) is 0 Å². The normalized spacial score (nSPS) is 29.7. The molecule has 3 rings (SSSR count). The Hall–Kier alpha value is -1.59. The van der Waals surface area contributed by atoms with E-state index in [-0.39, 0.29) is 30.5 Å². The van der Waals surface area contributed by atoms with Crippen LogP contribution in [0.25, 0.3) is 0 Å². The summed E-state index contributed by atoms with van der Waals surface area (Å²) in [5.41, 5.74) is 0.169. The van der Waals surface area contributed by atoms with Crippen LogP contribution < -0.4 is 0 Å². The van der Waals surface area contributed by atoms with Crippen LogP contribution in [-0.4, -0.2) is 40.6 Å². The maximum absolute atomic E-state index is 13.6. The molecule has 1 amide bonds. The number of aliphatic carboxylic acids is 1. The van der Waals surface area contributed by atoms with Crippen molar-refractivity contribution in [2.24, 2.45) is 5.41 Å². The Morgan fingerprint density at radius 3 is 2.63 bits per heavy atom. The number of carbonyl (C=O) groups excluding carboxylic acids is 1. The van der Waals surface area contributed by atoms with Gasteiger partial charge in [-0.05, 0) is 49.8 Å². The lowest BCUT2D eigenvalue weighted by molar-refractivity contribution is -0.162. The van der Waals surface area contributed by atoms with E-state index in [1.165, 1.54) is 0 Å². The van der Waals surface area contributed by atoms with Gasteiger partial charge in [-0.25, -0.2) is 0 Å². The van der Waals surface area contributed by atoms with E-state index < -0.39 is 11.4 Å². The third-order valence-electron chi connectivity index (χ3n) is 6.02. The third-order valence-corrected chi connectivity index (χ3v) is 6.27. The Morgan fingerprint density at radius 2 is 2.07 bits per heavy atom. The van der Waals surface area contributed by atoms with Gasteiger partial charge >= 0.3 is 5.97 Å². The summed E-state index contributed by atoms with van der Waals surface area (Å²) in [6.45, 7) is 4.58. The third kappa shape index (κ3) is 4.14. The molecule has 0 aliphatic carbocycles. The molecule has 27 heavy (non-hydrogen) atoms. The maximum Gasteiger partial charge on any atom is 0.304 e. The average molecular weight is 394 g/mol. The molecule has 5 nitrogen and oxygen atoms in total. The van der Waals surface area contributed by atoms with Crippen LogP contribution >= 0.6 is 11.6 Å². The summed E-state index contributed by atoms with van der Waals surface area (Å²) in [6.07, 6.45) is 3.89. The second-order valence-electron chi connectivity index (χ2n) is 7.98. The van der Waals surface area contributed by atoms with Crippen LogP contribution in [0.2, 0.25) is 5.02 Å². The summed E-state index contributed by atoms with van der Waals surface area (Å²) >= 11 is 6.05. The Labute approximate surface area is 165 Å².